The molecule has 1 rings (SSSR count). The van der Waals surface area contributed by atoms with Crippen LogP contribution >= 0.6 is 0 Å². The van der Waals surface area contributed by atoms with Gasteiger partial charge in [0.15, 0.2) is 0 Å². The molecule has 0 atom stereocenters. The lowest BCUT2D eigenvalue weighted by Gasteiger charge is -2.33. The van der Waals surface area contributed by atoms with Gasteiger partial charge in [0.05, 0.1) is 0 Å². The first-order valence-electron chi connectivity index (χ1n) is 7.84. The Balaban J connectivity index is 2.05. The molecule has 108 valence electrons. The van der Waals surface area contributed by atoms with Gasteiger partial charge in [0.2, 0.25) is 0 Å². The summed E-state index contributed by atoms with van der Waals surface area (Å²) in [4.78, 5) is 2.60. The van der Waals surface area contributed by atoms with Crippen LogP contribution in [0, 0.1) is 5.92 Å². The summed E-state index contributed by atoms with van der Waals surface area (Å²) in [7, 11) is 2.32. The Morgan fingerprint density at radius 3 is 2.22 bits per heavy atom. The highest BCUT2D eigenvalue weighted by Gasteiger charge is 2.21. The van der Waals surface area contributed by atoms with Crippen LogP contribution in [0.25, 0.3) is 0 Å². The van der Waals surface area contributed by atoms with Crippen molar-refractivity contribution in [2.75, 3.05) is 20.1 Å². The average molecular weight is 254 g/mol. The second-order valence-electron chi connectivity index (χ2n) is 7.28. The van der Waals surface area contributed by atoms with Gasteiger partial charge in [-0.2, -0.15) is 0 Å². The van der Waals surface area contributed by atoms with E-state index in [-0.39, 0.29) is 5.54 Å². The molecule has 0 heterocycles. The summed E-state index contributed by atoms with van der Waals surface area (Å²) in [5, 5.41) is 3.56. The predicted octanol–water partition coefficient (Wildman–Crippen LogP) is 3.67. The SMILES string of the molecule is CC1CCC(N(C)CCCCNC(C)(C)C)CC1. The lowest BCUT2D eigenvalue weighted by atomic mass is 9.87. The Hall–Kier alpha value is -0.0800. The van der Waals surface area contributed by atoms with Crippen molar-refractivity contribution < 1.29 is 0 Å². The van der Waals surface area contributed by atoms with Gasteiger partial charge in [-0.05, 0) is 85.4 Å². The van der Waals surface area contributed by atoms with Crippen molar-refractivity contribution >= 4 is 0 Å². The molecule has 0 bridgehead atoms. The van der Waals surface area contributed by atoms with Gasteiger partial charge in [-0.3, -0.25) is 0 Å². The van der Waals surface area contributed by atoms with Crippen LogP contribution in [-0.4, -0.2) is 36.6 Å². The molecule has 2 nitrogen and oxygen atoms in total. The third kappa shape index (κ3) is 6.75. The highest BCUT2D eigenvalue weighted by Crippen LogP contribution is 2.26. The molecule has 0 aromatic rings. The van der Waals surface area contributed by atoms with E-state index in [2.05, 4.69) is 45.0 Å². The highest BCUT2D eigenvalue weighted by molar-refractivity contribution is 4.76. The predicted molar refractivity (Wildman–Crippen MR) is 81.0 cm³/mol. The Labute approximate surface area is 115 Å². The molecule has 0 amide bonds. The van der Waals surface area contributed by atoms with Crippen molar-refractivity contribution in [2.24, 2.45) is 5.92 Å². The van der Waals surface area contributed by atoms with Crippen molar-refractivity contribution in [3.63, 3.8) is 0 Å². The molecule has 18 heavy (non-hydrogen) atoms. The zero-order valence-electron chi connectivity index (χ0n) is 13.3. The molecule has 1 N–H and O–H groups in total. The molecule has 0 radical (unpaired) electrons. The molecule has 1 fully saturated rings. The standard InChI is InChI=1S/C16H34N2/c1-14-8-10-15(11-9-14)18(5)13-7-6-12-17-16(2,3)4/h14-15,17H,6-13H2,1-5H3. The zero-order chi connectivity index (χ0) is 13.6. The maximum Gasteiger partial charge on any atom is 0.00965 e. The van der Waals surface area contributed by atoms with Gasteiger partial charge in [-0.25, -0.2) is 0 Å². The van der Waals surface area contributed by atoms with E-state index in [1.54, 1.807) is 0 Å². The molecule has 0 aromatic carbocycles. The zero-order valence-corrected chi connectivity index (χ0v) is 13.3. The third-order valence-corrected chi connectivity index (χ3v) is 4.20. The lowest BCUT2D eigenvalue weighted by Crippen LogP contribution is -2.37. The van der Waals surface area contributed by atoms with Crippen molar-refractivity contribution in [2.45, 2.75) is 77.8 Å². The monoisotopic (exact) mass is 254 g/mol. The van der Waals surface area contributed by atoms with Crippen LogP contribution in [0.15, 0.2) is 0 Å². The number of rotatable bonds is 6. The fourth-order valence-electron chi connectivity index (χ4n) is 2.82. The first-order valence-corrected chi connectivity index (χ1v) is 7.84. The second-order valence-corrected chi connectivity index (χ2v) is 7.28. The lowest BCUT2D eigenvalue weighted by molar-refractivity contribution is 0.167. The molecule has 2 heteroatoms. The summed E-state index contributed by atoms with van der Waals surface area (Å²) in [5.74, 6) is 0.964. The summed E-state index contributed by atoms with van der Waals surface area (Å²) in [6, 6.07) is 0.858. The molecule has 0 spiro atoms. The maximum absolute atomic E-state index is 3.56. The smallest absolute Gasteiger partial charge is 0.00965 e. The van der Waals surface area contributed by atoms with Crippen LogP contribution in [0.4, 0.5) is 0 Å². The summed E-state index contributed by atoms with van der Waals surface area (Å²) in [6.07, 6.45) is 8.31. The molecule has 0 aliphatic heterocycles. The Morgan fingerprint density at radius 2 is 1.67 bits per heavy atom. The van der Waals surface area contributed by atoms with Crippen LogP contribution in [-0.2, 0) is 0 Å². The van der Waals surface area contributed by atoms with Crippen LogP contribution in [0.2, 0.25) is 0 Å². The van der Waals surface area contributed by atoms with Gasteiger partial charge in [0.1, 0.15) is 0 Å². The van der Waals surface area contributed by atoms with Crippen molar-refractivity contribution in [1.82, 2.24) is 10.2 Å². The Kier molecular flexibility index (Phi) is 6.65. The third-order valence-electron chi connectivity index (χ3n) is 4.20. The summed E-state index contributed by atoms with van der Waals surface area (Å²) < 4.78 is 0. The van der Waals surface area contributed by atoms with Gasteiger partial charge in [0, 0.05) is 11.6 Å². The molecule has 1 aliphatic rings. The fraction of sp³-hybridized carbons (Fsp3) is 1.00. The van der Waals surface area contributed by atoms with Crippen molar-refractivity contribution in [3.8, 4) is 0 Å². The van der Waals surface area contributed by atoms with Crippen molar-refractivity contribution in [3.05, 3.63) is 0 Å². The first kappa shape index (κ1) is 16.0. The van der Waals surface area contributed by atoms with Crippen LogP contribution in [0.1, 0.15) is 66.2 Å². The van der Waals surface area contributed by atoms with Crippen LogP contribution < -0.4 is 5.32 Å². The van der Waals surface area contributed by atoms with E-state index in [1.165, 1.54) is 45.1 Å². The number of hydrogen-bond donors (Lipinski definition) is 1. The second kappa shape index (κ2) is 7.49. The number of nitrogens with zero attached hydrogens (tertiary/aromatic N) is 1. The van der Waals surface area contributed by atoms with Crippen molar-refractivity contribution in [1.29, 1.82) is 0 Å². The Bertz CT molecular complexity index is 212. The number of unbranched alkanes of at least 4 members (excludes halogenated alkanes) is 1. The van der Waals surface area contributed by atoms with Gasteiger partial charge in [-0.15, -0.1) is 0 Å². The van der Waals surface area contributed by atoms with Gasteiger partial charge < -0.3 is 10.2 Å². The average Bonchev–Trinajstić information content (AvgIpc) is 2.27. The maximum atomic E-state index is 3.56. The normalized spacial score (nSPS) is 25.7. The van der Waals surface area contributed by atoms with Gasteiger partial charge in [0.25, 0.3) is 0 Å². The van der Waals surface area contributed by atoms with E-state index < -0.39 is 0 Å². The number of hydrogen-bond acceptors (Lipinski definition) is 2. The summed E-state index contributed by atoms with van der Waals surface area (Å²) in [6.45, 7) is 11.5. The quantitative estimate of drug-likeness (QED) is 0.728. The molecule has 0 unspecified atom stereocenters. The van der Waals surface area contributed by atoms with E-state index in [9.17, 15) is 0 Å². The summed E-state index contributed by atoms with van der Waals surface area (Å²) >= 11 is 0. The molecular weight excluding hydrogens is 220 g/mol. The van der Waals surface area contributed by atoms with E-state index in [1.807, 2.05) is 0 Å². The van der Waals surface area contributed by atoms with E-state index in [0.29, 0.717) is 0 Å². The minimum absolute atomic E-state index is 0.269. The largest absolute Gasteiger partial charge is 0.312 e. The van der Waals surface area contributed by atoms with Crippen LogP contribution in [0.3, 0.4) is 0 Å². The van der Waals surface area contributed by atoms with E-state index in [0.717, 1.165) is 18.5 Å². The first-order chi connectivity index (χ1) is 8.38. The fourth-order valence-corrected chi connectivity index (χ4v) is 2.82. The van der Waals surface area contributed by atoms with Gasteiger partial charge >= 0.3 is 0 Å². The molecule has 0 aromatic heterocycles. The highest BCUT2D eigenvalue weighted by atomic mass is 15.1. The molecule has 1 aliphatic carbocycles. The van der Waals surface area contributed by atoms with Crippen LogP contribution in [0.5, 0.6) is 0 Å². The minimum Gasteiger partial charge on any atom is -0.312 e. The van der Waals surface area contributed by atoms with E-state index in [4.69, 9.17) is 0 Å². The van der Waals surface area contributed by atoms with E-state index >= 15 is 0 Å². The molecule has 1 saturated carbocycles. The summed E-state index contributed by atoms with van der Waals surface area (Å²) in [5.41, 5.74) is 0.269. The number of nitrogens with one attached hydrogen (secondary N) is 1. The minimum atomic E-state index is 0.269. The Morgan fingerprint density at radius 1 is 1.06 bits per heavy atom. The molecule has 0 saturated heterocycles. The molecular formula is C16H34N2. The topological polar surface area (TPSA) is 15.3 Å². The van der Waals surface area contributed by atoms with Gasteiger partial charge in [-0.1, -0.05) is 6.92 Å².